The third-order valence-corrected chi connectivity index (χ3v) is 2.83. The molecule has 2 N–H and O–H groups in total. The molecule has 7 heteroatoms. The number of aliphatic hydroxyl groups is 1. The zero-order chi connectivity index (χ0) is 16.1. The first-order valence-electron chi connectivity index (χ1n) is 7.46. The van der Waals surface area contributed by atoms with Gasteiger partial charge in [-0.3, -0.25) is 14.7 Å². The minimum atomic E-state index is -0.910. The van der Waals surface area contributed by atoms with Gasteiger partial charge >= 0.3 is 57.4 Å². The number of carboxylic acids is 1. The summed E-state index contributed by atoms with van der Waals surface area (Å²) in [6.07, 6.45) is 6.86. The molecule has 1 unspecified atom stereocenters. The molecule has 0 aromatic carbocycles. The molecule has 0 amide bonds. The van der Waals surface area contributed by atoms with Crippen molar-refractivity contribution in [1.29, 1.82) is 0 Å². The number of aliphatic carboxylic acids is 1. The van der Waals surface area contributed by atoms with Gasteiger partial charge in [0.1, 0.15) is 0 Å². The van der Waals surface area contributed by atoms with Gasteiger partial charge in [-0.2, -0.15) is 0 Å². The second kappa shape index (κ2) is 16.1. The Morgan fingerprint density at radius 1 is 1.41 bits per heavy atom. The molecule has 122 valence electrons. The minimum Gasteiger partial charge on any atom is -0.859 e. The van der Waals surface area contributed by atoms with E-state index in [-0.39, 0.29) is 76.9 Å². The first kappa shape index (κ1) is 24.5. The number of aliphatic hydroxyl groups excluding tert-OH is 1. The van der Waals surface area contributed by atoms with Crippen molar-refractivity contribution >= 4 is 11.9 Å². The molecule has 0 heterocycles. The Bertz CT molecular complexity index is 346. The van der Waals surface area contributed by atoms with Gasteiger partial charge in [-0.15, -0.1) is 0 Å². The topological polar surface area (TPSA) is 96.2 Å². The monoisotopic (exact) mass is 338 g/mol. The van der Waals surface area contributed by atoms with E-state index in [9.17, 15) is 15.0 Å². The first-order chi connectivity index (χ1) is 9.95. The van der Waals surface area contributed by atoms with Crippen LogP contribution in [-0.2, 0) is 4.79 Å². The van der Waals surface area contributed by atoms with Gasteiger partial charge in [-0.25, -0.2) is 0 Å². The molecule has 0 aliphatic rings. The Morgan fingerprint density at radius 3 is 2.64 bits per heavy atom. The fourth-order valence-electron chi connectivity index (χ4n) is 1.77. The summed E-state index contributed by atoms with van der Waals surface area (Å²) in [6, 6.07) is 0. The van der Waals surface area contributed by atoms with E-state index in [1.807, 2.05) is 6.08 Å². The molecule has 0 aromatic rings. The van der Waals surface area contributed by atoms with Crippen molar-refractivity contribution in [3.05, 3.63) is 12.2 Å². The number of carbonyl (C=O) groups is 1. The van der Waals surface area contributed by atoms with Crippen LogP contribution >= 0.6 is 0 Å². The van der Waals surface area contributed by atoms with Crippen LogP contribution in [0.1, 0.15) is 46.0 Å². The first-order valence-corrected chi connectivity index (χ1v) is 7.46. The number of unbranched alkanes of at least 4 members (excludes halogenated alkanes) is 3. The van der Waals surface area contributed by atoms with Crippen molar-refractivity contribution in [2.75, 3.05) is 19.8 Å². The molecule has 0 aliphatic heterocycles. The molecule has 0 fully saturated rings. The summed E-state index contributed by atoms with van der Waals surface area (Å²) in [5.41, 5.74) is 0. The number of allylic oxidation sites excluding steroid dienone is 1. The maximum atomic E-state index is 11.5. The molecule has 0 aliphatic carbocycles. The van der Waals surface area contributed by atoms with Crippen LogP contribution in [0.15, 0.2) is 17.1 Å². The fourth-order valence-corrected chi connectivity index (χ4v) is 1.77. The molecule has 0 saturated heterocycles. The molecule has 0 bridgehead atoms. The van der Waals surface area contributed by atoms with Gasteiger partial charge in [0, 0.05) is 13.1 Å². The summed E-state index contributed by atoms with van der Waals surface area (Å²) in [4.78, 5) is 16.1. The van der Waals surface area contributed by atoms with Crippen molar-refractivity contribution in [3.63, 3.8) is 0 Å². The van der Waals surface area contributed by atoms with Crippen LogP contribution in [0.4, 0.5) is 0 Å². The standard InChI is InChI=1S/C15H28N2O4.K/c1-3-4-5-6-7-8-14(19)16-12-17(11-13(2)18)10-9-15(20)21;/h7-8,13,18H,3-6,9-12H2,1-2H3,(H,16,19)(H,20,21);/q;+1/p-1/b8-7+;. The van der Waals surface area contributed by atoms with E-state index in [1.54, 1.807) is 11.8 Å². The van der Waals surface area contributed by atoms with Crippen molar-refractivity contribution in [1.82, 2.24) is 4.90 Å². The predicted molar refractivity (Wildman–Crippen MR) is 81.1 cm³/mol. The Morgan fingerprint density at radius 2 is 2.09 bits per heavy atom. The van der Waals surface area contributed by atoms with Gasteiger partial charge < -0.3 is 15.3 Å². The molecule has 0 saturated carbocycles. The van der Waals surface area contributed by atoms with Crippen LogP contribution in [-0.4, -0.2) is 52.8 Å². The van der Waals surface area contributed by atoms with Crippen LogP contribution in [0.2, 0.25) is 0 Å². The third kappa shape index (κ3) is 16.6. The van der Waals surface area contributed by atoms with Gasteiger partial charge in [0.2, 0.25) is 0 Å². The summed E-state index contributed by atoms with van der Waals surface area (Å²) in [7, 11) is 0. The average Bonchev–Trinajstić information content (AvgIpc) is 2.41. The Labute approximate surface area is 175 Å². The normalized spacial score (nSPS) is 13.4. The molecule has 1 atom stereocenters. The molecular formula is C15H27KN2O4. The van der Waals surface area contributed by atoms with Crippen LogP contribution in [0, 0.1) is 0 Å². The number of hydrogen-bond acceptors (Lipinski definition) is 5. The van der Waals surface area contributed by atoms with E-state index < -0.39 is 12.1 Å². The van der Waals surface area contributed by atoms with Crippen molar-refractivity contribution in [2.45, 2.75) is 52.1 Å². The number of carboxylic acid groups (broad SMARTS) is 1. The van der Waals surface area contributed by atoms with E-state index in [0.29, 0.717) is 6.54 Å². The van der Waals surface area contributed by atoms with Crippen LogP contribution in [0.3, 0.4) is 0 Å². The second-order valence-corrected chi connectivity index (χ2v) is 5.11. The summed E-state index contributed by atoms with van der Waals surface area (Å²) in [6.45, 7) is 4.40. The van der Waals surface area contributed by atoms with Gasteiger partial charge in [-0.1, -0.05) is 31.9 Å². The Kier molecular flexibility index (Phi) is 17.9. The zero-order valence-corrected chi connectivity index (χ0v) is 17.1. The van der Waals surface area contributed by atoms with Crippen molar-refractivity contribution in [2.24, 2.45) is 4.99 Å². The van der Waals surface area contributed by atoms with Crippen molar-refractivity contribution in [3.8, 4) is 0 Å². The zero-order valence-electron chi connectivity index (χ0n) is 14.0. The number of nitrogens with zero attached hydrogens (tertiary/aromatic N) is 2. The second-order valence-electron chi connectivity index (χ2n) is 5.11. The van der Waals surface area contributed by atoms with E-state index in [0.717, 1.165) is 25.7 Å². The maximum absolute atomic E-state index is 11.5. The SMILES string of the molecule is CCCCC/C=C/C([O-])=NCN(CCC(=O)O)CC(C)O.[K+]. The summed E-state index contributed by atoms with van der Waals surface area (Å²) in [5.74, 6) is -1.23. The van der Waals surface area contributed by atoms with E-state index in [2.05, 4.69) is 11.9 Å². The van der Waals surface area contributed by atoms with E-state index in [1.165, 1.54) is 6.08 Å². The summed E-state index contributed by atoms with van der Waals surface area (Å²) < 4.78 is 0. The molecular weight excluding hydrogens is 311 g/mol. The van der Waals surface area contributed by atoms with Crippen LogP contribution < -0.4 is 56.5 Å². The average molecular weight is 338 g/mol. The largest absolute Gasteiger partial charge is 1.00 e. The Balaban J connectivity index is 0. The predicted octanol–water partition coefficient (Wildman–Crippen LogP) is -2.00. The van der Waals surface area contributed by atoms with Gasteiger partial charge in [0.25, 0.3) is 0 Å². The smallest absolute Gasteiger partial charge is 0.859 e. The summed E-state index contributed by atoms with van der Waals surface area (Å²) >= 11 is 0. The van der Waals surface area contributed by atoms with Gasteiger partial charge in [0.05, 0.1) is 19.2 Å². The maximum Gasteiger partial charge on any atom is 1.00 e. The fraction of sp³-hybridized carbons (Fsp3) is 0.733. The molecule has 22 heavy (non-hydrogen) atoms. The van der Waals surface area contributed by atoms with Crippen molar-refractivity contribution < 1.29 is 71.5 Å². The van der Waals surface area contributed by atoms with Crippen LogP contribution in [0.25, 0.3) is 0 Å². The van der Waals surface area contributed by atoms with Gasteiger partial charge in [0.15, 0.2) is 0 Å². The quantitative estimate of drug-likeness (QED) is 0.186. The van der Waals surface area contributed by atoms with E-state index in [4.69, 9.17) is 5.11 Å². The minimum absolute atomic E-state index is 0. The molecule has 0 spiro atoms. The van der Waals surface area contributed by atoms with Gasteiger partial charge in [-0.05, 0) is 25.7 Å². The molecule has 0 radical (unpaired) electrons. The Hall–Kier alpha value is 0.236. The molecule has 6 nitrogen and oxygen atoms in total. The third-order valence-electron chi connectivity index (χ3n) is 2.83. The summed E-state index contributed by atoms with van der Waals surface area (Å²) in [5, 5.41) is 29.6. The molecule has 0 rings (SSSR count). The number of aliphatic imine (C=N–C) groups is 1. The number of rotatable bonds is 12. The van der Waals surface area contributed by atoms with Crippen LogP contribution in [0.5, 0.6) is 0 Å². The molecule has 0 aromatic heterocycles. The number of hydrogen-bond donors (Lipinski definition) is 2. The van der Waals surface area contributed by atoms with E-state index >= 15 is 0 Å².